The zero-order valence-corrected chi connectivity index (χ0v) is 16.6. The molecule has 0 aliphatic heterocycles. The molecule has 27 heavy (non-hydrogen) atoms. The number of methoxy groups -OCH3 is 1. The van der Waals surface area contributed by atoms with Crippen LogP contribution in [0, 0.1) is 0 Å². The summed E-state index contributed by atoms with van der Waals surface area (Å²) in [6, 6.07) is 5.22. The Balaban J connectivity index is 1.76. The number of unbranched alkanes of at least 4 members (excludes halogenated alkanes) is 1. The molecule has 9 heteroatoms. The van der Waals surface area contributed by atoms with Crippen LogP contribution in [-0.4, -0.2) is 41.5 Å². The highest BCUT2D eigenvalue weighted by Crippen LogP contribution is 2.34. The molecule has 7 nitrogen and oxygen atoms in total. The Kier molecular flexibility index (Phi) is 8.71. The molecule has 0 radical (unpaired) electrons. The summed E-state index contributed by atoms with van der Waals surface area (Å²) in [5.74, 6) is 0.608. The van der Waals surface area contributed by atoms with Crippen LogP contribution in [0.4, 0.5) is 5.82 Å². The first-order valence-corrected chi connectivity index (χ1v) is 9.36. The summed E-state index contributed by atoms with van der Waals surface area (Å²) in [5.41, 5.74) is 7.02. The Morgan fingerprint density at radius 2 is 1.93 bits per heavy atom. The highest BCUT2D eigenvalue weighted by Gasteiger charge is 2.13. The number of anilines is 1. The molecular weight excluding hydrogens is 391 g/mol. The highest BCUT2D eigenvalue weighted by atomic mass is 35.5. The number of halogens is 2. The smallest absolute Gasteiger partial charge is 0.305 e. The number of aryl methyl sites for hydroxylation is 1. The molecule has 2 N–H and O–H groups in total. The van der Waals surface area contributed by atoms with Crippen molar-refractivity contribution in [2.45, 2.75) is 32.1 Å². The summed E-state index contributed by atoms with van der Waals surface area (Å²) in [4.78, 5) is 15.3. The molecule has 0 amide bonds. The minimum Gasteiger partial charge on any atom is -0.469 e. The molecule has 0 saturated carbocycles. The molecule has 1 aromatic heterocycles. The van der Waals surface area contributed by atoms with Crippen LogP contribution in [0.2, 0.25) is 10.0 Å². The van der Waals surface area contributed by atoms with Crippen molar-refractivity contribution in [3.05, 3.63) is 34.1 Å². The fourth-order valence-electron chi connectivity index (χ4n) is 2.37. The summed E-state index contributed by atoms with van der Waals surface area (Å²) in [7, 11) is 1.39. The van der Waals surface area contributed by atoms with Crippen molar-refractivity contribution in [2.75, 3.05) is 26.1 Å². The topological polar surface area (TPSA) is 100 Å². The van der Waals surface area contributed by atoms with Crippen molar-refractivity contribution in [1.82, 2.24) is 15.2 Å². The zero-order chi connectivity index (χ0) is 19.6. The van der Waals surface area contributed by atoms with Gasteiger partial charge >= 0.3 is 5.97 Å². The van der Waals surface area contributed by atoms with Crippen LogP contribution in [0.15, 0.2) is 18.2 Å². The van der Waals surface area contributed by atoms with E-state index in [1.807, 2.05) is 0 Å². The molecule has 2 rings (SSSR count). The lowest BCUT2D eigenvalue weighted by Gasteiger charge is -2.08. The van der Waals surface area contributed by atoms with Gasteiger partial charge in [-0.2, -0.15) is 0 Å². The van der Waals surface area contributed by atoms with E-state index in [2.05, 4.69) is 19.9 Å². The lowest BCUT2D eigenvalue weighted by atomic mass is 10.1. The number of carbonyl (C=O) groups is 1. The normalized spacial score (nSPS) is 10.8. The molecule has 0 aliphatic rings. The van der Waals surface area contributed by atoms with Crippen LogP contribution >= 0.6 is 23.2 Å². The van der Waals surface area contributed by atoms with Gasteiger partial charge in [-0.1, -0.05) is 35.3 Å². The van der Waals surface area contributed by atoms with E-state index in [0.717, 1.165) is 19.3 Å². The van der Waals surface area contributed by atoms with E-state index in [1.54, 1.807) is 18.2 Å². The van der Waals surface area contributed by atoms with E-state index in [9.17, 15) is 4.79 Å². The predicted molar refractivity (Wildman–Crippen MR) is 105 cm³/mol. The standard InChI is InChI=1S/C18H22Cl2N4O3/c1-26-15(25)9-2-3-10-27-11-5-8-14-22-18(21)17(24-23-14)12-6-4-7-13(19)16(12)20/h4,6-7H,2-3,5,8-11H2,1H3,(H2,21,22,23). The number of nitrogens with two attached hydrogens (primary N) is 1. The first kappa shape index (κ1) is 21.3. The molecule has 0 spiro atoms. The zero-order valence-electron chi connectivity index (χ0n) is 15.1. The average Bonchev–Trinajstić information content (AvgIpc) is 2.66. The maximum absolute atomic E-state index is 11.0. The number of rotatable bonds is 10. The molecule has 0 saturated heterocycles. The van der Waals surface area contributed by atoms with Gasteiger partial charge < -0.3 is 15.2 Å². The summed E-state index contributed by atoms with van der Waals surface area (Å²) in [6.45, 7) is 1.17. The quantitative estimate of drug-likeness (QED) is 0.468. The van der Waals surface area contributed by atoms with Gasteiger partial charge in [0.15, 0.2) is 11.6 Å². The number of nitrogens with zero attached hydrogens (tertiary/aromatic N) is 3. The van der Waals surface area contributed by atoms with Gasteiger partial charge in [-0.3, -0.25) is 4.79 Å². The van der Waals surface area contributed by atoms with Crippen LogP contribution in [0.5, 0.6) is 0 Å². The summed E-state index contributed by atoms with van der Waals surface area (Å²) in [5, 5.41) is 9.05. The van der Waals surface area contributed by atoms with Crippen LogP contribution in [0.25, 0.3) is 11.3 Å². The number of benzene rings is 1. The van der Waals surface area contributed by atoms with E-state index in [-0.39, 0.29) is 11.8 Å². The summed E-state index contributed by atoms with van der Waals surface area (Å²) in [6.07, 6.45) is 3.33. The second-order valence-corrected chi connectivity index (χ2v) is 6.60. The number of aromatic nitrogens is 3. The van der Waals surface area contributed by atoms with Crippen molar-refractivity contribution >= 4 is 35.0 Å². The Morgan fingerprint density at radius 1 is 1.15 bits per heavy atom. The number of hydrogen-bond acceptors (Lipinski definition) is 7. The summed E-state index contributed by atoms with van der Waals surface area (Å²) >= 11 is 12.2. The van der Waals surface area contributed by atoms with E-state index >= 15 is 0 Å². The second kappa shape index (κ2) is 11.0. The van der Waals surface area contributed by atoms with Gasteiger partial charge in [0.1, 0.15) is 5.69 Å². The van der Waals surface area contributed by atoms with Gasteiger partial charge in [0, 0.05) is 31.6 Å². The third kappa shape index (κ3) is 6.61. The number of carbonyl (C=O) groups excluding carboxylic acids is 1. The third-order valence-corrected chi connectivity index (χ3v) is 4.62. The Hall–Kier alpha value is -1.96. The van der Waals surface area contributed by atoms with Crippen molar-refractivity contribution in [3.63, 3.8) is 0 Å². The Bertz CT molecular complexity index is 774. The van der Waals surface area contributed by atoms with Crippen LogP contribution in [0.1, 0.15) is 31.5 Å². The van der Waals surface area contributed by atoms with E-state index < -0.39 is 0 Å². The predicted octanol–water partition coefficient (Wildman–Crippen LogP) is 3.72. The minimum atomic E-state index is -0.195. The minimum absolute atomic E-state index is 0.195. The van der Waals surface area contributed by atoms with Gasteiger partial charge in [-0.15, -0.1) is 10.2 Å². The Morgan fingerprint density at radius 3 is 2.67 bits per heavy atom. The second-order valence-electron chi connectivity index (χ2n) is 5.81. The molecule has 2 aromatic rings. The fourth-order valence-corrected chi connectivity index (χ4v) is 2.76. The maximum atomic E-state index is 11.0. The SMILES string of the molecule is COC(=O)CCCCOCCCc1nnc(-c2cccc(Cl)c2Cl)c(N)n1. The van der Waals surface area contributed by atoms with Gasteiger partial charge in [0.05, 0.1) is 17.2 Å². The molecule has 0 fully saturated rings. The molecule has 1 heterocycles. The van der Waals surface area contributed by atoms with Gasteiger partial charge in [-0.05, 0) is 25.3 Å². The number of hydrogen-bond donors (Lipinski definition) is 1. The van der Waals surface area contributed by atoms with Crippen LogP contribution in [0.3, 0.4) is 0 Å². The molecule has 0 bridgehead atoms. The maximum Gasteiger partial charge on any atom is 0.305 e. The van der Waals surface area contributed by atoms with Crippen molar-refractivity contribution in [3.8, 4) is 11.3 Å². The molecule has 0 unspecified atom stereocenters. The highest BCUT2D eigenvalue weighted by molar-refractivity contribution is 6.43. The molecule has 0 aliphatic carbocycles. The number of ether oxygens (including phenoxy) is 2. The van der Waals surface area contributed by atoms with Crippen molar-refractivity contribution in [2.24, 2.45) is 0 Å². The van der Waals surface area contributed by atoms with E-state index in [0.29, 0.717) is 53.2 Å². The lowest BCUT2D eigenvalue weighted by Crippen LogP contribution is -2.07. The van der Waals surface area contributed by atoms with Crippen LogP contribution in [-0.2, 0) is 20.7 Å². The van der Waals surface area contributed by atoms with Gasteiger partial charge in [-0.25, -0.2) is 4.98 Å². The first-order valence-electron chi connectivity index (χ1n) is 8.61. The molecule has 1 aromatic carbocycles. The van der Waals surface area contributed by atoms with Crippen LogP contribution < -0.4 is 5.73 Å². The van der Waals surface area contributed by atoms with Gasteiger partial charge in [0.2, 0.25) is 0 Å². The largest absolute Gasteiger partial charge is 0.469 e. The average molecular weight is 413 g/mol. The fraction of sp³-hybridized carbons (Fsp3) is 0.444. The van der Waals surface area contributed by atoms with Crippen molar-refractivity contribution in [1.29, 1.82) is 0 Å². The third-order valence-electron chi connectivity index (χ3n) is 3.80. The monoisotopic (exact) mass is 412 g/mol. The summed E-state index contributed by atoms with van der Waals surface area (Å²) < 4.78 is 10.1. The lowest BCUT2D eigenvalue weighted by molar-refractivity contribution is -0.140. The number of nitrogen functional groups attached to an aromatic ring is 1. The van der Waals surface area contributed by atoms with Gasteiger partial charge in [0.25, 0.3) is 0 Å². The van der Waals surface area contributed by atoms with Crippen molar-refractivity contribution < 1.29 is 14.3 Å². The number of esters is 1. The molecular formula is C18H22Cl2N4O3. The van der Waals surface area contributed by atoms with E-state index in [1.165, 1.54) is 7.11 Å². The Labute approximate surface area is 168 Å². The molecule has 0 atom stereocenters. The first-order chi connectivity index (χ1) is 13.0. The van der Waals surface area contributed by atoms with E-state index in [4.69, 9.17) is 33.7 Å². The molecule has 146 valence electrons.